The normalized spacial score (nSPS) is 13.5. The van der Waals surface area contributed by atoms with E-state index in [-0.39, 0.29) is 0 Å². The minimum atomic E-state index is -0.519. The predicted molar refractivity (Wildman–Crippen MR) is 53.9 cm³/mol. The Morgan fingerprint density at radius 1 is 1.20 bits per heavy atom. The van der Waals surface area contributed by atoms with Gasteiger partial charge in [-0.1, -0.05) is 6.07 Å². The first-order chi connectivity index (χ1) is 7.25. The van der Waals surface area contributed by atoms with E-state index in [0.29, 0.717) is 21.9 Å². The van der Waals surface area contributed by atoms with Gasteiger partial charge in [0.05, 0.1) is 11.2 Å². The largest absolute Gasteiger partial charge is 0.397 e. The van der Waals surface area contributed by atoms with Crippen molar-refractivity contribution in [2.45, 2.75) is 0 Å². The number of nitrogens with two attached hydrogens (primary N) is 1. The van der Waals surface area contributed by atoms with Crippen LogP contribution in [0.4, 0.5) is 10.5 Å². The molecule has 0 saturated carbocycles. The van der Waals surface area contributed by atoms with Crippen LogP contribution in [0.1, 0.15) is 0 Å². The minimum absolute atomic E-state index is 0.436. The molecule has 2 N–H and O–H groups in total. The first-order valence-corrected chi connectivity index (χ1v) is 4.40. The SMILES string of the molecule is Nc1cc2cccnc2c2c1=NC(=O)N=2. The zero-order chi connectivity index (χ0) is 10.4. The van der Waals surface area contributed by atoms with Crippen molar-refractivity contribution in [3.05, 3.63) is 35.1 Å². The maximum Gasteiger partial charge on any atom is 0.368 e. The summed E-state index contributed by atoms with van der Waals surface area (Å²) in [6, 6.07) is 4.91. The van der Waals surface area contributed by atoms with Crippen LogP contribution in [0.5, 0.6) is 0 Å². The van der Waals surface area contributed by atoms with E-state index >= 15 is 0 Å². The number of rotatable bonds is 0. The van der Waals surface area contributed by atoms with E-state index in [9.17, 15) is 4.79 Å². The van der Waals surface area contributed by atoms with Crippen LogP contribution in [-0.4, -0.2) is 11.0 Å². The molecule has 72 valence electrons. The quantitative estimate of drug-likeness (QED) is 0.613. The van der Waals surface area contributed by atoms with Gasteiger partial charge in [0.25, 0.3) is 0 Å². The molecule has 0 atom stereocenters. The lowest BCUT2D eigenvalue weighted by Crippen LogP contribution is -2.26. The number of nitrogens with zero attached hydrogens (tertiary/aromatic N) is 3. The lowest BCUT2D eigenvalue weighted by Gasteiger charge is -1.97. The van der Waals surface area contributed by atoms with Crippen LogP contribution in [0.25, 0.3) is 10.9 Å². The molecular weight excluding hydrogens is 192 g/mol. The van der Waals surface area contributed by atoms with Crippen molar-refractivity contribution in [2.75, 3.05) is 5.73 Å². The molecule has 0 saturated heterocycles. The van der Waals surface area contributed by atoms with E-state index in [4.69, 9.17) is 5.73 Å². The topological polar surface area (TPSA) is 80.7 Å². The number of urea groups is 1. The number of fused-ring (bicyclic) bond motifs is 3. The van der Waals surface area contributed by atoms with Crippen molar-refractivity contribution in [1.29, 1.82) is 0 Å². The molecule has 0 bridgehead atoms. The van der Waals surface area contributed by atoms with Gasteiger partial charge in [-0.05, 0) is 12.1 Å². The Bertz CT molecular complexity index is 705. The Morgan fingerprint density at radius 2 is 2.00 bits per heavy atom. The van der Waals surface area contributed by atoms with Gasteiger partial charge in [-0.25, -0.2) is 4.79 Å². The fraction of sp³-hybridized carbons (Fsp3) is 0. The first-order valence-electron chi connectivity index (χ1n) is 4.40. The highest BCUT2D eigenvalue weighted by atomic mass is 16.2. The number of hydrogen-bond donors (Lipinski definition) is 1. The average Bonchev–Trinajstić information content (AvgIpc) is 2.61. The van der Waals surface area contributed by atoms with Crippen molar-refractivity contribution in [2.24, 2.45) is 9.98 Å². The molecule has 2 amide bonds. The van der Waals surface area contributed by atoms with Gasteiger partial charge in [0.1, 0.15) is 10.7 Å². The number of amides is 2. The molecule has 1 aliphatic rings. The summed E-state index contributed by atoms with van der Waals surface area (Å²) in [5, 5.41) is 1.78. The van der Waals surface area contributed by atoms with Crippen molar-refractivity contribution in [3.63, 3.8) is 0 Å². The number of carbonyl (C=O) groups is 1. The van der Waals surface area contributed by atoms with Crippen molar-refractivity contribution in [3.8, 4) is 0 Å². The third-order valence-corrected chi connectivity index (χ3v) is 2.29. The molecule has 1 aromatic heterocycles. The summed E-state index contributed by atoms with van der Waals surface area (Å²) in [5.41, 5.74) is 6.89. The number of anilines is 1. The molecule has 0 radical (unpaired) electrons. The molecule has 0 unspecified atom stereocenters. The van der Waals surface area contributed by atoms with Crippen LogP contribution in [0, 0.1) is 0 Å². The zero-order valence-electron chi connectivity index (χ0n) is 7.64. The second-order valence-corrected chi connectivity index (χ2v) is 3.24. The van der Waals surface area contributed by atoms with Crippen LogP contribution in [0.3, 0.4) is 0 Å². The fourth-order valence-corrected chi connectivity index (χ4v) is 1.66. The summed E-state index contributed by atoms with van der Waals surface area (Å²) in [6.45, 7) is 0. The van der Waals surface area contributed by atoms with E-state index < -0.39 is 6.03 Å². The fourth-order valence-electron chi connectivity index (χ4n) is 1.66. The van der Waals surface area contributed by atoms with E-state index in [1.807, 2.05) is 12.1 Å². The molecule has 2 aromatic rings. The summed E-state index contributed by atoms with van der Waals surface area (Å²) in [5.74, 6) is 0. The van der Waals surface area contributed by atoms with Gasteiger partial charge in [0.2, 0.25) is 0 Å². The molecule has 2 heterocycles. The smallest absolute Gasteiger partial charge is 0.368 e. The third-order valence-electron chi connectivity index (χ3n) is 2.29. The number of pyridine rings is 1. The highest BCUT2D eigenvalue weighted by Crippen LogP contribution is 2.08. The van der Waals surface area contributed by atoms with E-state index in [2.05, 4.69) is 15.0 Å². The van der Waals surface area contributed by atoms with Crippen molar-refractivity contribution in [1.82, 2.24) is 4.98 Å². The Hall–Kier alpha value is -2.30. The molecule has 1 aromatic carbocycles. The highest BCUT2D eigenvalue weighted by Gasteiger charge is 2.11. The lowest BCUT2D eigenvalue weighted by molar-refractivity contribution is 0.257. The molecule has 3 rings (SSSR count). The Kier molecular flexibility index (Phi) is 1.39. The van der Waals surface area contributed by atoms with Gasteiger partial charge in [0.15, 0.2) is 0 Å². The summed E-state index contributed by atoms with van der Waals surface area (Å²) >= 11 is 0. The molecular formula is C10H6N4O. The van der Waals surface area contributed by atoms with Gasteiger partial charge in [-0.15, -0.1) is 0 Å². The number of hydrogen-bond acceptors (Lipinski definition) is 3. The van der Waals surface area contributed by atoms with Gasteiger partial charge < -0.3 is 5.73 Å². The average molecular weight is 198 g/mol. The molecule has 5 nitrogen and oxygen atoms in total. The first kappa shape index (κ1) is 8.05. The van der Waals surface area contributed by atoms with Crippen molar-refractivity contribution >= 4 is 22.6 Å². The van der Waals surface area contributed by atoms with E-state index in [1.54, 1.807) is 12.3 Å². The second-order valence-electron chi connectivity index (χ2n) is 3.24. The van der Waals surface area contributed by atoms with Gasteiger partial charge in [0, 0.05) is 11.6 Å². The van der Waals surface area contributed by atoms with Gasteiger partial charge >= 0.3 is 6.03 Å². The summed E-state index contributed by atoms with van der Waals surface area (Å²) in [7, 11) is 0. The lowest BCUT2D eigenvalue weighted by atomic mass is 10.2. The number of benzene rings is 1. The van der Waals surface area contributed by atoms with E-state index in [1.165, 1.54) is 0 Å². The van der Waals surface area contributed by atoms with Gasteiger partial charge in [-0.2, -0.15) is 9.98 Å². The Balaban J connectivity index is 2.67. The number of aromatic nitrogens is 1. The molecule has 15 heavy (non-hydrogen) atoms. The second kappa shape index (κ2) is 2.60. The molecule has 0 fully saturated rings. The molecule has 5 heteroatoms. The summed E-state index contributed by atoms with van der Waals surface area (Å²) in [4.78, 5) is 22.8. The standard InChI is InChI=1S/C10H6N4O/c11-6-4-5-2-1-3-12-7(5)9-8(6)13-10(15)14-9/h1-4H,11H2. The predicted octanol–water partition coefficient (Wildman–Crippen LogP) is 0.190. The van der Waals surface area contributed by atoms with Gasteiger partial charge in [-0.3, -0.25) is 4.98 Å². The monoisotopic (exact) mass is 198 g/mol. The Morgan fingerprint density at radius 3 is 2.87 bits per heavy atom. The molecule has 0 aliphatic carbocycles. The van der Waals surface area contributed by atoms with Crippen LogP contribution < -0.4 is 16.4 Å². The maximum absolute atomic E-state index is 11.1. The highest BCUT2D eigenvalue weighted by molar-refractivity contribution is 5.86. The number of carbonyl (C=O) groups excluding carboxylic acids is 1. The zero-order valence-corrected chi connectivity index (χ0v) is 7.64. The third kappa shape index (κ3) is 1.03. The van der Waals surface area contributed by atoms with Crippen LogP contribution in [0.15, 0.2) is 34.4 Å². The van der Waals surface area contributed by atoms with E-state index in [0.717, 1.165) is 5.39 Å². The van der Waals surface area contributed by atoms with Crippen molar-refractivity contribution < 1.29 is 4.79 Å². The summed E-state index contributed by atoms with van der Waals surface area (Å²) in [6.07, 6.45) is 1.65. The number of nitrogen functional groups attached to an aromatic ring is 1. The molecule has 0 spiro atoms. The summed E-state index contributed by atoms with van der Waals surface area (Å²) < 4.78 is 0. The molecule has 1 aliphatic heterocycles. The Labute approximate surface area is 84.0 Å². The van der Waals surface area contributed by atoms with Crippen LogP contribution in [0.2, 0.25) is 0 Å². The minimum Gasteiger partial charge on any atom is -0.397 e. The van der Waals surface area contributed by atoms with Crippen LogP contribution >= 0.6 is 0 Å². The maximum atomic E-state index is 11.1. The van der Waals surface area contributed by atoms with Crippen LogP contribution in [-0.2, 0) is 0 Å².